The molecular weight excluding hydrogens is 252 g/mol. The van der Waals surface area contributed by atoms with Gasteiger partial charge in [0.1, 0.15) is 12.4 Å². The van der Waals surface area contributed by atoms with Crippen molar-refractivity contribution in [2.75, 3.05) is 0 Å². The topological polar surface area (TPSA) is 52.3 Å². The van der Waals surface area contributed by atoms with E-state index >= 15 is 0 Å². The van der Waals surface area contributed by atoms with E-state index < -0.39 is 17.5 Å². The van der Waals surface area contributed by atoms with Crippen LogP contribution < -0.4 is 10.5 Å². The fourth-order valence-electron chi connectivity index (χ4n) is 1.54. The summed E-state index contributed by atoms with van der Waals surface area (Å²) in [6.07, 6.45) is 0. The van der Waals surface area contributed by atoms with Crippen LogP contribution in [0.15, 0.2) is 42.5 Å². The Morgan fingerprint density at radius 1 is 1.11 bits per heavy atom. The number of rotatable bonds is 4. The molecule has 2 rings (SSSR count). The van der Waals surface area contributed by atoms with Gasteiger partial charge in [-0.05, 0) is 24.3 Å². The van der Waals surface area contributed by atoms with Crippen molar-refractivity contribution in [3.8, 4) is 5.75 Å². The Kier molecular flexibility index (Phi) is 3.75. The summed E-state index contributed by atoms with van der Waals surface area (Å²) < 4.78 is 32.1. The van der Waals surface area contributed by atoms with Gasteiger partial charge in [-0.25, -0.2) is 8.78 Å². The van der Waals surface area contributed by atoms with E-state index in [1.54, 1.807) is 18.2 Å². The van der Waals surface area contributed by atoms with Gasteiger partial charge in [0.2, 0.25) is 5.91 Å². The van der Waals surface area contributed by atoms with Gasteiger partial charge in [-0.15, -0.1) is 0 Å². The molecule has 5 heteroatoms. The smallest absolute Gasteiger partial charge is 0.248 e. The molecule has 0 spiro atoms. The average Bonchev–Trinajstić information content (AvgIpc) is 2.39. The van der Waals surface area contributed by atoms with Crippen LogP contribution in [-0.2, 0) is 6.61 Å². The molecule has 0 aliphatic rings. The Morgan fingerprint density at radius 2 is 1.84 bits per heavy atom. The van der Waals surface area contributed by atoms with Crippen LogP contribution >= 0.6 is 0 Å². The standard InChI is InChI=1S/C14H11F2NO2/c15-11-4-2-1-3-10(11)8-19-13-6-5-9(14(17)18)7-12(13)16/h1-7H,8H2,(H2,17,18). The van der Waals surface area contributed by atoms with Crippen molar-refractivity contribution in [1.29, 1.82) is 0 Å². The minimum atomic E-state index is -0.723. The molecule has 0 aliphatic heterocycles. The number of benzene rings is 2. The van der Waals surface area contributed by atoms with Gasteiger partial charge in [0, 0.05) is 11.1 Å². The van der Waals surface area contributed by atoms with Crippen molar-refractivity contribution < 1.29 is 18.3 Å². The van der Waals surface area contributed by atoms with Gasteiger partial charge in [0.25, 0.3) is 0 Å². The number of carbonyl (C=O) groups is 1. The minimum absolute atomic E-state index is 0.0516. The summed E-state index contributed by atoms with van der Waals surface area (Å²) in [5, 5.41) is 0. The highest BCUT2D eigenvalue weighted by molar-refractivity contribution is 5.92. The average molecular weight is 263 g/mol. The van der Waals surface area contributed by atoms with Gasteiger partial charge in [-0.1, -0.05) is 18.2 Å². The lowest BCUT2D eigenvalue weighted by Crippen LogP contribution is -2.11. The highest BCUT2D eigenvalue weighted by Gasteiger charge is 2.09. The monoisotopic (exact) mass is 263 g/mol. The van der Waals surface area contributed by atoms with Gasteiger partial charge in [-0.2, -0.15) is 0 Å². The lowest BCUT2D eigenvalue weighted by Gasteiger charge is -2.08. The molecule has 0 saturated heterocycles. The third-order valence-electron chi connectivity index (χ3n) is 2.56. The molecule has 0 unspecified atom stereocenters. The van der Waals surface area contributed by atoms with Crippen LogP contribution in [0.5, 0.6) is 5.75 Å². The second-order valence-electron chi connectivity index (χ2n) is 3.89. The lowest BCUT2D eigenvalue weighted by molar-refractivity contribution is 0.0999. The van der Waals surface area contributed by atoms with E-state index in [4.69, 9.17) is 10.5 Å². The number of nitrogens with two attached hydrogens (primary N) is 1. The van der Waals surface area contributed by atoms with Crippen LogP contribution in [0, 0.1) is 11.6 Å². The highest BCUT2D eigenvalue weighted by atomic mass is 19.1. The highest BCUT2D eigenvalue weighted by Crippen LogP contribution is 2.20. The van der Waals surface area contributed by atoms with Crippen LogP contribution in [0.4, 0.5) is 8.78 Å². The molecule has 0 aliphatic carbocycles. The van der Waals surface area contributed by atoms with Gasteiger partial charge >= 0.3 is 0 Å². The first-order valence-corrected chi connectivity index (χ1v) is 5.53. The molecule has 1 amide bonds. The normalized spacial score (nSPS) is 10.2. The van der Waals surface area contributed by atoms with Crippen molar-refractivity contribution in [2.24, 2.45) is 5.73 Å². The molecule has 2 aromatic carbocycles. The molecule has 0 fully saturated rings. The van der Waals surface area contributed by atoms with Crippen LogP contribution in [0.1, 0.15) is 15.9 Å². The third-order valence-corrected chi connectivity index (χ3v) is 2.56. The Morgan fingerprint density at radius 3 is 2.47 bits per heavy atom. The quantitative estimate of drug-likeness (QED) is 0.921. The third kappa shape index (κ3) is 3.07. The molecular formula is C14H11F2NO2. The summed E-state index contributed by atoms with van der Waals surface area (Å²) in [5.74, 6) is -1.92. The van der Waals surface area contributed by atoms with Crippen LogP contribution in [-0.4, -0.2) is 5.91 Å². The van der Waals surface area contributed by atoms with E-state index in [0.717, 1.165) is 6.07 Å². The van der Waals surface area contributed by atoms with E-state index in [1.807, 2.05) is 0 Å². The maximum atomic E-state index is 13.6. The largest absolute Gasteiger partial charge is 0.486 e. The Hall–Kier alpha value is -2.43. The van der Waals surface area contributed by atoms with E-state index in [0.29, 0.717) is 5.56 Å². The van der Waals surface area contributed by atoms with Crippen molar-refractivity contribution in [1.82, 2.24) is 0 Å². The van der Waals surface area contributed by atoms with Crippen molar-refractivity contribution >= 4 is 5.91 Å². The van der Waals surface area contributed by atoms with Crippen LogP contribution in [0.3, 0.4) is 0 Å². The summed E-state index contributed by atoms with van der Waals surface area (Å²) in [5.41, 5.74) is 5.39. The molecule has 0 saturated carbocycles. The molecule has 0 bridgehead atoms. The first kappa shape index (κ1) is 13.0. The second kappa shape index (κ2) is 5.48. The summed E-state index contributed by atoms with van der Waals surface area (Å²) in [6, 6.07) is 9.68. The molecule has 2 N–H and O–H groups in total. The van der Waals surface area contributed by atoms with Gasteiger partial charge in [0.15, 0.2) is 11.6 Å². The number of amides is 1. The fraction of sp³-hybridized carbons (Fsp3) is 0.0714. The van der Waals surface area contributed by atoms with Gasteiger partial charge in [0.05, 0.1) is 0 Å². The predicted octanol–water partition coefficient (Wildman–Crippen LogP) is 2.64. The molecule has 0 atom stereocenters. The Bertz CT molecular complexity index is 614. The van der Waals surface area contributed by atoms with Crippen molar-refractivity contribution in [3.63, 3.8) is 0 Å². The Labute approximate surface area is 108 Å². The zero-order valence-corrected chi connectivity index (χ0v) is 9.90. The predicted molar refractivity (Wildman–Crippen MR) is 65.6 cm³/mol. The summed E-state index contributed by atoms with van der Waals surface area (Å²) in [7, 11) is 0. The van der Waals surface area contributed by atoms with Gasteiger partial charge < -0.3 is 10.5 Å². The number of carbonyl (C=O) groups excluding carboxylic acids is 1. The zero-order chi connectivity index (χ0) is 13.8. The van der Waals surface area contributed by atoms with E-state index in [9.17, 15) is 13.6 Å². The SMILES string of the molecule is NC(=O)c1ccc(OCc2ccccc2F)c(F)c1. The molecule has 2 aromatic rings. The van der Waals surface area contributed by atoms with Crippen LogP contribution in [0.25, 0.3) is 0 Å². The first-order chi connectivity index (χ1) is 9.08. The van der Waals surface area contributed by atoms with E-state index in [1.165, 1.54) is 18.2 Å². The summed E-state index contributed by atoms with van der Waals surface area (Å²) >= 11 is 0. The van der Waals surface area contributed by atoms with E-state index in [2.05, 4.69) is 0 Å². The Balaban J connectivity index is 2.12. The molecule has 3 nitrogen and oxygen atoms in total. The van der Waals surface area contributed by atoms with Crippen LogP contribution in [0.2, 0.25) is 0 Å². The fourth-order valence-corrected chi connectivity index (χ4v) is 1.54. The molecule has 0 radical (unpaired) electrons. The number of primary amides is 1. The van der Waals surface area contributed by atoms with Crippen molar-refractivity contribution in [2.45, 2.75) is 6.61 Å². The summed E-state index contributed by atoms with van der Waals surface area (Å²) in [6.45, 7) is -0.0977. The van der Waals surface area contributed by atoms with E-state index in [-0.39, 0.29) is 17.9 Å². The van der Waals surface area contributed by atoms with Gasteiger partial charge in [-0.3, -0.25) is 4.79 Å². The second-order valence-corrected chi connectivity index (χ2v) is 3.89. The lowest BCUT2D eigenvalue weighted by atomic mass is 10.2. The zero-order valence-electron chi connectivity index (χ0n) is 9.90. The van der Waals surface area contributed by atoms with Crippen molar-refractivity contribution in [3.05, 3.63) is 65.2 Å². The summed E-state index contributed by atoms with van der Waals surface area (Å²) in [4.78, 5) is 10.9. The number of hydrogen-bond donors (Lipinski definition) is 1. The maximum Gasteiger partial charge on any atom is 0.248 e. The molecule has 0 aromatic heterocycles. The number of halogens is 2. The first-order valence-electron chi connectivity index (χ1n) is 5.53. The maximum absolute atomic E-state index is 13.6. The minimum Gasteiger partial charge on any atom is -0.486 e. The molecule has 98 valence electrons. The molecule has 19 heavy (non-hydrogen) atoms. The molecule has 0 heterocycles. The number of hydrogen-bond acceptors (Lipinski definition) is 2. The number of ether oxygens (including phenoxy) is 1.